The Bertz CT molecular complexity index is 1000. The SMILES string of the molecule is CC(=O)Oc1c(-c2ccc(Cl)cc2)c(-c2ccccc2)c2n1CC(C)(C)C2. The Morgan fingerprint density at radius 1 is 1.00 bits per heavy atom. The number of carbonyl (C=O) groups excluding carboxylic acids is 1. The predicted octanol–water partition coefficient (Wildman–Crippen LogP) is 5.98. The van der Waals surface area contributed by atoms with Crippen LogP contribution in [-0.4, -0.2) is 10.5 Å². The minimum Gasteiger partial charge on any atom is -0.409 e. The molecule has 138 valence electrons. The van der Waals surface area contributed by atoms with Crippen LogP contribution in [0.2, 0.25) is 5.02 Å². The number of halogens is 1. The predicted molar refractivity (Wildman–Crippen MR) is 109 cm³/mol. The van der Waals surface area contributed by atoms with Crippen LogP contribution in [0.1, 0.15) is 26.5 Å². The molecular weight excluding hydrogens is 358 g/mol. The van der Waals surface area contributed by atoms with Gasteiger partial charge in [-0.15, -0.1) is 0 Å². The lowest BCUT2D eigenvalue weighted by Gasteiger charge is -2.18. The number of fused-ring (bicyclic) bond motifs is 1. The van der Waals surface area contributed by atoms with E-state index in [1.165, 1.54) is 12.6 Å². The monoisotopic (exact) mass is 379 g/mol. The average Bonchev–Trinajstić information content (AvgIpc) is 3.07. The molecule has 0 atom stereocenters. The second kappa shape index (κ2) is 6.58. The van der Waals surface area contributed by atoms with Crippen molar-refractivity contribution in [3.8, 4) is 28.1 Å². The number of aromatic nitrogens is 1. The highest BCUT2D eigenvalue weighted by molar-refractivity contribution is 6.30. The maximum Gasteiger partial charge on any atom is 0.309 e. The maximum absolute atomic E-state index is 11.9. The van der Waals surface area contributed by atoms with Gasteiger partial charge >= 0.3 is 5.97 Å². The molecule has 0 saturated carbocycles. The zero-order valence-electron chi connectivity index (χ0n) is 15.8. The van der Waals surface area contributed by atoms with Gasteiger partial charge in [0.1, 0.15) is 0 Å². The molecule has 2 aromatic carbocycles. The molecule has 0 amide bonds. The summed E-state index contributed by atoms with van der Waals surface area (Å²) < 4.78 is 7.93. The van der Waals surface area contributed by atoms with Crippen LogP contribution in [0.4, 0.5) is 0 Å². The van der Waals surface area contributed by atoms with E-state index in [1.807, 2.05) is 42.5 Å². The molecular formula is C23H22ClNO2. The fourth-order valence-corrected chi connectivity index (χ4v) is 4.10. The van der Waals surface area contributed by atoms with Crippen molar-refractivity contribution in [1.82, 2.24) is 4.57 Å². The Morgan fingerprint density at radius 3 is 2.26 bits per heavy atom. The third-order valence-electron chi connectivity index (χ3n) is 4.99. The number of hydrogen-bond acceptors (Lipinski definition) is 2. The lowest BCUT2D eigenvalue weighted by Crippen LogP contribution is -2.14. The first-order valence-corrected chi connectivity index (χ1v) is 9.49. The van der Waals surface area contributed by atoms with Crippen molar-refractivity contribution in [2.24, 2.45) is 5.41 Å². The number of benzene rings is 2. The van der Waals surface area contributed by atoms with Gasteiger partial charge in [-0.3, -0.25) is 4.79 Å². The fourth-order valence-electron chi connectivity index (χ4n) is 3.97. The second-order valence-electron chi connectivity index (χ2n) is 7.90. The summed E-state index contributed by atoms with van der Waals surface area (Å²) >= 11 is 6.10. The highest BCUT2D eigenvalue weighted by Crippen LogP contribution is 2.50. The first-order chi connectivity index (χ1) is 12.9. The van der Waals surface area contributed by atoms with Gasteiger partial charge in [-0.05, 0) is 35.1 Å². The highest BCUT2D eigenvalue weighted by Gasteiger charge is 2.37. The van der Waals surface area contributed by atoms with Crippen LogP contribution >= 0.6 is 11.6 Å². The summed E-state index contributed by atoms with van der Waals surface area (Å²) in [6.07, 6.45) is 0.930. The number of nitrogens with zero attached hydrogens (tertiary/aromatic N) is 1. The summed E-state index contributed by atoms with van der Waals surface area (Å²) in [7, 11) is 0. The smallest absolute Gasteiger partial charge is 0.309 e. The van der Waals surface area contributed by atoms with Gasteiger partial charge in [0.05, 0.1) is 5.56 Å². The van der Waals surface area contributed by atoms with E-state index in [0.29, 0.717) is 10.9 Å². The van der Waals surface area contributed by atoms with Crippen LogP contribution in [-0.2, 0) is 17.8 Å². The molecule has 1 aromatic heterocycles. The topological polar surface area (TPSA) is 31.2 Å². The van der Waals surface area contributed by atoms with Crippen molar-refractivity contribution >= 4 is 17.6 Å². The minimum atomic E-state index is -0.310. The van der Waals surface area contributed by atoms with Crippen molar-refractivity contribution < 1.29 is 9.53 Å². The summed E-state index contributed by atoms with van der Waals surface area (Å²) in [5.74, 6) is 0.319. The van der Waals surface area contributed by atoms with E-state index in [4.69, 9.17) is 16.3 Å². The molecule has 3 nitrogen and oxygen atoms in total. The Morgan fingerprint density at radius 2 is 1.63 bits per heavy atom. The van der Waals surface area contributed by atoms with Gasteiger partial charge in [-0.1, -0.05) is 67.9 Å². The van der Waals surface area contributed by atoms with Crippen LogP contribution in [0, 0.1) is 5.41 Å². The van der Waals surface area contributed by atoms with E-state index in [1.54, 1.807) is 0 Å². The van der Waals surface area contributed by atoms with Crippen molar-refractivity contribution in [3.63, 3.8) is 0 Å². The van der Waals surface area contributed by atoms with Gasteiger partial charge in [0, 0.05) is 29.7 Å². The normalized spacial score (nSPS) is 14.8. The zero-order valence-corrected chi connectivity index (χ0v) is 16.5. The second-order valence-corrected chi connectivity index (χ2v) is 8.33. The van der Waals surface area contributed by atoms with Crippen molar-refractivity contribution in [2.75, 3.05) is 0 Å². The first kappa shape index (κ1) is 17.9. The molecule has 4 rings (SSSR count). The van der Waals surface area contributed by atoms with E-state index >= 15 is 0 Å². The Kier molecular flexibility index (Phi) is 4.35. The Balaban J connectivity index is 2.03. The Labute approximate surface area is 164 Å². The van der Waals surface area contributed by atoms with Gasteiger partial charge in [0.2, 0.25) is 5.88 Å². The van der Waals surface area contributed by atoms with E-state index in [0.717, 1.165) is 35.2 Å². The Hall–Kier alpha value is -2.52. The number of ether oxygens (including phenoxy) is 1. The summed E-state index contributed by atoms with van der Waals surface area (Å²) in [4.78, 5) is 11.9. The summed E-state index contributed by atoms with van der Waals surface area (Å²) in [5, 5.41) is 0.682. The van der Waals surface area contributed by atoms with Crippen LogP contribution < -0.4 is 4.74 Å². The fraction of sp³-hybridized carbons (Fsp3) is 0.261. The van der Waals surface area contributed by atoms with Crippen molar-refractivity contribution in [2.45, 2.75) is 33.7 Å². The molecule has 0 bridgehead atoms. The average molecular weight is 380 g/mol. The highest BCUT2D eigenvalue weighted by atomic mass is 35.5. The van der Waals surface area contributed by atoms with E-state index in [2.05, 4.69) is 30.5 Å². The molecule has 27 heavy (non-hydrogen) atoms. The lowest BCUT2D eigenvalue weighted by molar-refractivity contribution is -0.132. The molecule has 0 fully saturated rings. The summed E-state index contributed by atoms with van der Waals surface area (Å²) in [6, 6.07) is 18.0. The third-order valence-corrected chi connectivity index (χ3v) is 5.24. The molecule has 1 aliphatic heterocycles. The third kappa shape index (κ3) is 3.28. The van der Waals surface area contributed by atoms with Crippen molar-refractivity contribution in [1.29, 1.82) is 0 Å². The lowest BCUT2D eigenvalue weighted by atomic mass is 9.87. The zero-order chi connectivity index (χ0) is 19.2. The molecule has 1 aliphatic rings. The molecule has 0 spiro atoms. The quantitative estimate of drug-likeness (QED) is 0.524. The van der Waals surface area contributed by atoms with E-state index in [9.17, 15) is 4.79 Å². The number of esters is 1. The van der Waals surface area contributed by atoms with Gasteiger partial charge in [0.25, 0.3) is 0 Å². The molecule has 0 unspecified atom stereocenters. The molecule has 0 radical (unpaired) electrons. The van der Waals surface area contributed by atoms with Gasteiger partial charge in [-0.2, -0.15) is 0 Å². The molecule has 2 heterocycles. The molecule has 3 aromatic rings. The molecule has 4 heteroatoms. The van der Waals surface area contributed by atoms with Crippen LogP contribution in [0.15, 0.2) is 54.6 Å². The van der Waals surface area contributed by atoms with Gasteiger partial charge < -0.3 is 9.30 Å². The van der Waals surface area contributed by atoms with Crippen LogP contribution in [0.25, 0.3) is 22.3 Å². The minimum absolute atomic E-state index is 0.117. The van der Waals surface area contributed by atoms with E-state index < -0.39 is 0 Å². The summed E-state index contributed by atoms with van der Waals surface area (Å²) in [5.41, 5.74) is 5.55. The molecule has 0 N–H and O–H groups in total. The number of carbonyl (C=O) groups is 1. The number of rotatable bonds is 3. The van der Waals surface area contributed by atoms with Crippen LogP contribution in [0.3, 0.4) is 0 Å². The largest absolute Gasteiger partial charge is 0.409 e. The van der Waals surface area contributed by atoms with Crippen LogP contribution in [0.5, 0.6) is 5.88 Å². The van der Waals surface area contributed by atoms with E-state index in [-0.39, 0.29) is 11.4 Å². The van der Waals surface area contributed by atoms with Crippen molar-refractivity contribution in [3.05, 3.63) is 65.3 Å². The molecule has 0 saturated heterocycles. The van der Waals surface area contributed by atoms with Gasteiger partial charge in [-0.25, -0.2) is 0 Å². The summed E-state index contributed by atoms with van der Waals surface area (Å²) in [6.45, 7) is 6.76. The van der Waals surface area contributed by atoms with Gasteiger partial charge in [0.15, 0.2) is 0 Å². The standard InChI is InChI=1S/C23H22ClNO2/c1-15(26)27-22-21(17-9-11-18(24)12-10-17)20(16-7-5-4-6-8-16)19-13-23(2,3)14-25(19)22/h4-12H,13-14H2,1-3H3. The first-order valence-electron chi connectivity index (χ1n) is 9.11. The maximum atomic E-state index is 11.9. The number of hydrogen-bond donors (Lipinski definition) is 0. The molecule has 0 aliphatic carbocycles.